The highest BCUT2D eigenvalue weighted by Crippen LogP contribution is 2.37. The van der Waals surface area contributed by atoms with Gasteiger partial charge >= 0.3 is 0 Å². The van der Waals surface area contributed by atoms with Crippen molar-refractivity contribution in [3.63, 3.8) is 0 Å². The molecule has 1 aromatic carbocycles. The van der Waals surface area contributed by atoms with Crippen LogP contribution in [0, 0.1) is 0 Å². The predicted molar refractivity (Wildman–Crippen MR) is 63.9 cm³/mol. The predicted octanol–water partition coefficient (Wildman–Crippen LogP) is 2.06. The van der Waals surface area contributed by atoms with Gasteiger partial charge in [0.15, 0.2) is 0 Å². The first-order valence-electron chi connectivity index (χ1n) is 5.44. The van der Waals surface area contributed by atoms with Gasteiger partial charge in [-0.15, -0.1) is 0 Å². The lowest BCUT2D eigenvalue weighted by atomic mass is 10.2. The Hall–Kier alpha value is -1.38. The van der Waals surface area contributed by atoms with E-state index in [-0.39, 0.29) is 0 Å². The molecule has 1 aliphatic heterocycles. The average molecular weight is 206 g/mol. The largest absolute Gasteiger partial charge is 0.506 e. The van der Waals surface area contributed by atoms with Crippen LogP contribution in [0.15, 0.2) is 18.2 Å². The number of benzene rings is 1. The van der Waals surface area contributed by atoms with Crippen LogP contribution in [-0.4, -0.2) is 32.3 Å². The van der Waals surface area contributed by atoms with Crippen molar-refractivity contribution < 1.29 is 5.11 Å². The van der Waals surface area contributed by atoms with Gasteiger partial charge in [0.05, 0.1) is 5.69 Å². The number of phenolic OH excluding ortho intramolecular Hbond substituents is 1. The Bertz CT molecular complexity index is 343. The number of rotatable bonds is 2. The van der Waals surface area contributed by atoms with E-state index in [2.05, 4.69) is 11.0 Å². The molecular formula is C12H18N2O. The maximum atomic E-state index is 9.85. The highest BCUT2D eigenvalue weighted by atomic mass is 16.3. The van der Waals surface area contributed by atoms with Gasteiger partial charge < -0.3 is 14.9 Å². The van der Waals surface area contributed by atoms with Crippen LogP contribution in [0.25, 0.3) is 0 Å². The molecule has 0 bridgehead atoms. The monoisotopic (exact) mass is 206 g/mol. The molecule has 0 atom stereocenters. The van der Waals surface area contributed by atoms with E-state index in [4.69, 9.17) is 0 Å². The maximum absolute atomic E-state index is 9.85. The van der Waals surface area contributed by atoms with Gasteiger partial charge in [-0.3, -0.25) is 0 Å². The molecule has 0 aliphatic carbocycles. The van der Waals surface area contributed by atoms with Crippen molar-refractivity contribution in [2.24, 2.45) is 0 Å². The standard InChI is InChI=1S/C12H18N2O/c1-13(2)12-10(6-5-7-11(12)15)14-8-3-4-9-14/h5-7,15H,3-4,8-9H2,1-2H3. The molecule has 1 aliphatic rings. The Labute approximate surface area is 90.9 Å². The Balaban J connectivity index is 2.40. The summed E-state index contributed by atoms with van der Waals surface area (Å²) in [5.74, 6) is 0.365. The average Bonchev–Trinajstić information content (AvgIpc) is 2.69. The zero-order chi connectivity index (χ0) is 10.8. The third kappa shape index (κ3) is 1.87. The molecule has 0 aromatic heterocycles. The van der Waals surface area contributed by atoms with Crippen molar-refractivity contribution in [1.82, 2.24) is 0 Å². The molecule has 15 heavy (non-hydrogen) atoms. The number of phenols is 1. The van der Waals surface area contributed by atoms with Gasteiger partial charge in [0.25, 0.3) is 0 Å². The smallest absolute Gasteiger partial charge is 0.141 e. The molecule has 3 heteroatoms. The van der Waals surface area contributed by atoms with Gasteiger partial charge in [0.2, 0.25) is 0 Å². The molecule has 1 fully saturated rings. The van der Waals surface area contributed by atoms with E-state index < -0.39 is 0 Å². The highest BCUT2D eigenvalue weighted by Gasteiger charge is 2.18. The van der Waals surface area contributed by atoms with Crippen molar-refractivity contribution in [3.05, 3.63) is 18.2 Å². The van der Waals surface area contributed by atoms with Gasteiger partial charge in [-0.05, 0) is 25.0 Å². The zero-order valence-electron chi connectivity index (χ0n) is 9.40. The third-order valence-corrected chi connectivity index (χ3v) is 2.89. The molecule has 82 valence electrons. The second-order valence-electron chi connectivity index (χ2n) is 4.23. The quantitative estimate of drug-likeness (QED) is 0.802. The highest BCUT2D eigenvalue weighted by molar-refractivity contribution is 5.77. The Morgan fingerprint density at radius 3 is 2.47 bits per heavy atom. The summed E-state index contributed by atoms with van der Waals surface area (Å²) in [5, 5.41) is 9.85. The van der Waals surface area contributed by atoms with E-state index in [9.17, 15) is 5.11 Å². The molecule has 0 radical (unpaired) electrons. The lowest BCUT2D eigenvalue weighted by molar-refractivity contribution is 0.475. The van der Waals surface area contributed by atoms with Gasteiger partial charge in [0, 0.05) is 27.2 Å². The summed E-state index contributed by atoms with van der Waals surface area (Å²) in [6, 6.07) is 5.74. The van der Waals surface area contributed by atoms with Crippen LogP contribution in [0.4, 0.5) is 11.4 Å². The van der Waals surface area contributed by atoms with Crippen LogP contribution in [0.3, 0.4) is 0 Å². The molecule has 1 aromatic rings. The Kier molecular flexibility index (Phi) is 2.71. The lowest BCUT2D eigenvalue weighted by Crippen LogP contribution is -2.21. The molecule has 2 rings (SSSR count). The maximum Gasteiger partial charge on any atom is 0.141 e. The van der Waals surface area contributed by atoms with Crippen LogP contribution >= 0.6 is 0 Å². The van der Waals surface area contributed by atoms with Crippen LogP contribution in [0.1, 0.15) is 12.8 Å². The van der Waals surface area contributed by atoms with Crippen LogP contribution in [-0.2, 0) is 0 Å². The van der Waals surface area contributed by atoms with Crippen molar-refractivity contribution in [1.29, 1.82) is 0 Å². The molecule has 0 amide bonds. The van der Waals surface area contributed by atoms with Crippen molar-refractivity contribution in [2.45, 2.75) is 12.8 Å². The van der Waals surface area contributed by atoms with Crippen molar-refractivity contribution >= 4 is 11.4 Å². The molecule has 3 nitrogen and oxygen atoms in total. The first-order chi connectivity index (χ1) is 7.20. The van der Waals surface area contributed by atoms with Crippen molar-refractivity contribution in [3.8, 4) is 5.75 Å². The number of para-hydroxylation sites is 1. The van der Waals surface area contributed by atoms with Gasteiger partial charge in [-0.1, -0.05) is 6.07 Å². The fraction of sp³-hybridized carbons (Fsp3) is 0.500. The Morgan fingerprint density at radius 2 is 1.87 bits per heavy atom. The first-order valence-corrected chi connectivity index (χ1v) is 5.44. The lowest BCUT2D eigenvalue weighted by Gasteiger charge is -2.25. The van der Waals surface area contributed by atoms with Gasteiger partial charge in [0.1, 0.15) is 11.4 Å². The minimum Gasteiger partial charge on any atom is -0.506 e. The fourth-order valence-electron chi connectivity index (χ4n) is 2.19. The van der Waals surface area contributed by atoms with E-state index in [0.717, 1.165) is 24.5 Å². The molecule has 1 saturated heterocycles. The minimum atomic E-state index is 0.365. The summed E-state index contributed by atoms with van der Waals surface area (Å²) in [5.41, 5.74) is 2.08. The van der Waals surface area contributed by atoms with Crippen molar-refractivity contribution in [2.75, 3.05) is 37.0 Å². The second kappa shape index (κ2) is 4.01. The summed E-state index contributed by atoms with van der Waals surface area (Å²) in [6.07, 6.45) is 2.51. The number of hydrogen-bond donors (Lipinski definition) is 1. The summed E-state index contributed by atoms with van der Waals surface area (Å²) >= 11 is 0. The molecular weight excluding hydrogens is 188 g/mol. The molecule has 0 unspecified atom stereocenters. The summed E-state index contributed by atoms with van der Waals surface area (Å²) < 4.78 is 0. The summed E-state index contributed by atoms with van der Waals surface area (Å²) in [6.45, 7) is 2.20. The zero-order valence-corrected chi connectivity index (χ0v) is 9.40. The molecule has 1 N–H and O–H groups in total. The van der Waals surface area contributed by atoms with E-state index in [1.165, 1.54) is 12.8 Å². The van der Waals surface area contributed by atoms with E-state index in [0.29, 0.717) is 5.75 Å². The molecule has 1 heterocycles. The van der Waals surface area contributed by atoms with Crippen LogP contribution in [0.2, 0.25) is 0 Å². The SMILES string of the molecule is CN(C)c1c(O)cccc1N1CCCC1. The first kappa shape index (κ1) is 10.1. The van der Waals surface area contributed by atoms with E-state index in [1.54, 1.807) is 6.07 Å². The number of hydrogen-bond acceptors (Lipinski definition) is 3. The second-order valence-corrected chi connectivity index (χ2v) is 4.23. The number of nitrogens with zero attached hydrogens (tertiary/aromatic N) is 2. The fourth-order valence-corrected chi connectivity index (χ4v) is 2.19. The molecule has 0 spiro atoms. The Morgan fingerprint density at radius 1 is 1.20 bits per heavy atom. The van der Waals surface area contributed by atoms with E-state index >= 15 is 0 Å². The number of anilines is 2. The topological polar surface area (TPSA) is 26.7 Å². The third-order valence-electron chi connectivity index (χ3n) is 2.89. The summed E-state index contributed by atoms with van der Waals surface area (Å²) in [4.78, 5) is 4.32. The summed E-state index contributed by atoms with van der Waals surface area (Å²) in [7, 11) is 3.93. The van der Waals surface area contributed by atoms with Gasteiger partial charge in [-0.25, -0.2) is 0 Å². The normalized spacial score (nSPS) is 15.7. The number of aromatic hydroxyl groups is 1. The molecule has 0 saturated carbocycles. The minimum absolute atomic E-state index is 0.365. The van der Waals surface area contributed by atoms with Crippen LogP contribution < -0.4 is 9.80 Å². The van der Waals surface area contributed by atoms with E-state index in [1.807, 2.05) is 25.1 Å². The van der Waals surface area contributed by atoms with Crippen LogP contribution in [0.5, 0.6) is 5.75 Å². The van der Waals surface area contributed by atoms with Gasteiger partial charge in [-0.2, -0.15) is 0 Å².